The first kappa shape index (κ1) is 24.5. The van der Waals surface area contributed by atoms with Crippen LogP contribution in [-0.4, -0.2) is 62.2 Å². The van der Waals surface area contributed by atoms with Gasteiger partial charge in [-0.15, -0.1) is 24.0 Å². The lowest BCUT2D eigenvalue weighted by Crippen LogP contribution is -2.39. The van der Waals surface area contributed by atoms with Crippen LogP contribution in [0, 0.1) is 0 Å². The number of nitrogens with one attached hydrogen (secondary N) is 2. The highest BCUT2D eigenvalue weighted by Gasteiger charge is 2.17. The number of halogens is 1. The highest BCUT2D eigenvalue weighted by atomic mass is 127. The Labute approximate surface area is 182 Å². The van der Waals surface area contributed by atoms with Gasteiger partial charge in [-0.1, -0.05) is 19.3 Å². The summed E-state index contributed by atoms with van der Waals surface area (Å²) >= 11 is 0. The van der Waals surface area contributed by atoms with Crippen molar-refractivity contribution in [1.29, 1.82) is 0 Å². The van der Waals surface area contributed by atoms with Crippen LogP contribution in [0.4, 0.5) is 0 Å². The molecule has 7 heteroatoms. The molecule has 1 aliphatic heterocycles. The fourth-order valence-electron chi connectivity index (χ4n) is 3.65. The normalized spacial score (nSPS) is 18.3. The van der Waals surface area contributed by atoms with Crippen molar-refractivity contribution >= 4 is 35.8 Å². The Kier molecular flexibility index (Phi) is 13.9. The first-order valence-electron chi connectivity index (χ1n) is 10.7. The molecule has 2 aliphatic rings. The van der Waals surface area contributed by atoms with Gasteiger partial charge in [-0.05, 0) is 51.9 Å². The second-order valence-electron chi connectivity index (χ2n) is 7.40. The van der Waals surface area contributed by atoms with Crippen molar-refractivity contribution in [2.45, 2.75) is 77.2 Å². The highest BCUT2D eigenvalue weighted by Crippen LogP contribution is 2.20. The summed E-state index contributed by atoms with van der Waals surface area (Å²) in [5.74, 6) is 0.887. The predicted molar refractivity (Wildman–Crippen MR) is 122 cm³/mol. The maximum Gasteiger partial charge on any atom is 0.244 e. The number of carbonyl (C=O) groups excluding carboxylic acids is 1. The number of ether oxygens (including phenoxy) is 1. The molecule has 0 radical (unpaired) electrons. The Bertz CT molecular complexity index is 422. The van der Waals surface area contributed by atoms with Crippen LogP contribution in [0.15, 0.2) is 4.99 Å². The number of unbranched alkanes of at least 4 members (excludes halogenated alkanes) is 2. The molecule has 1 aliphatic carbocycles. The van der Waals surface area contributed by atoms with Crippen LogP contribution >= 0.6 is 24.0 Å². The van der Waals surface area contributed by atoms with E-state index in [1.807, 2.05) is 11.8 Å². The van der Waals surface area contributed by atoms with Crippen molar-refractivity contribution in [1.82, 2.24) is 15.5 Å². The van der Waals surface area contributed by atoms with E-state index >= 15 is 0 Å². The molecule has 6 nitrogen and oxygen atoms in total. The van der Waals surface area contributed by atoms with Gasteiger partial charge >= 0.3 is 0 Å². The van der Waals surface area contributed by atoms with E-state index in [1.165, 1.54) is 32.1 Å². The molecule has 0 spiro atoms. The molecule has 1 heterocycles. The van der Waals surface area contributed by atoms with Crippen molar-refractivity contribution in [3.8, 4) is 0 Å². The Balaban J connectivity index is 0.00000364. The Morgan fingerprint density at radius 3 is 2.48 bits per heavy atom. The molecule has 158 valence electrons. The zero-order valence-electron chi connectivity index (χ0n) is 17.0. The van der Waals surface area contributed by atoms with Gasteiger partial charge in [-0.3, -0.25) is 4.79 Å². The predicted octanol–water partition coefficient (Wildman–Crippen LogP) is 3.30. The summed E-state index contributed by atoms with van der Waals surface area (Å²) in [6.07, 6.45) is 12.7. The number of hydrogen-bond donors (Lipinski definition) is 2. The molecule has 0 aromatic rings. The minimum Gasteiger partial charge on any atom is -0.378 e. The van der Waals surface area contributed by atoms with Crippen LogP contribution in [0.2, 0.25) is 0 Å². The van der Waals surface area contributed by atoms with Gasteiger partial charge in [0.15, 0.2) is 5.96 Å². The number of nitrogens with zero attached hydrogens (tertiary/aromatic N) is 2. The minimum atomic E-state index is 0. The number of amides is 1. The summed E-state index contributed by atoms with van der Waals surface area (Å²) in [7, 11) is 0. The summed E-state index contributed by atoms with van der Waals surface area (Å²) in [6, 6.07) is 0. The van der Waals surface area contributed by atoms with Gasteiger partial charge in [0.25, 0.3) is 0 Å². The summed E-state index contributed by atoms with van der Waals surface area (Å²) in [6.45, 7) is 6.64. The van der Waals surface area contributed by atoms with Crippen molar-refractivity contribution in [3.05, 3.63) is 0 Å². The third kappa shape index (κ3) is 10.5. The average Bonchev–Trinajstić information content (AvgIpc) is 3.20. The second kappa shape index (κ2) is 15.4. The van der Waals surface area contributed by atoms with Crippen LogP contribution in [0.25, 0.3) is 0 Å². The van der Waals surface area contributed by atoms with Crippen molar-refractivity contribution < 1.29 is 9.53 Å². The molecular weight excluding hydrogens is 455 g/mol. The molecule has 2 N–H and O–H groups in total. The van der Waals surface area contributed by atoms with Crippen LogP contribution in [-0.2, 0) is 9.53 Å². The van der Waals surface area contributed by atoms with Crippen molar-refractivity contribution in [3.63, 3.8) is 0 Å². The molecule has 0 atom stereocenters. The zero-order chi connectivity index (χ0) is 18.5. The van der Waals surface area contributed by atoms with Crippen LogP contribution in [0.3, 0.4) is 0 Å². The van der Waals surface area contributed by atoms with E-state index in [4.69, 9.17) is 4.74 Å². The molecule has 1 saturated carbocycles. The van der Waals surface area contributed by atoms with E-state index < -0.39 is 0 Å². The standard InChI is InChI=1S/C20H38N4O2.HI/c1-2-21-20(23-17-19(25)24-14-8-9-15-24)22-13-7-4-10-16-26-18-11-5-3-6-12-18;/h18H,2-17H2,1H3,(H2,21,22,23);1H. The lowest BCUT2D eigenvalue weighted by molar-refractivity contribution is -0.128. The maximum absolute atomic E-state index is 12.1. The Hall–Kier alpha value is -0.570. The van der Waals surface area contributed by atoms with Gasteiger partial charge in [0.05, 0.1) is 6.10 Å². The molecule has 1 amide bonds. The molecule has 0 aromatic carbocycles. The summed E-state index contributed by atoms with van der Waals surface area (Å²) in [4.78, 5) is 18.4. The molecule has 2 rings (SSSR count). The third-order valence-electron chi connectivity index (χ3n) is 5.19. The van der Waals surface area contributed by atoms with Gasteiger partial charge in [-0.2, -0.15) is 0 Å². The van der Waals surface area contributed by atoms with Crippen molar-refractivity contribution in [2.75, 3.05) is 39.3 Å². The van der Waals surface area contributed by atoms with Gasteiger partial charge in [0.2, 0.25) is 5.91 Å². The number of likely N-dealkylation sites (tertiary alicyclic amines) is 1. The fraction of sp³-hybridized carbons (Fsp3) is 0.900. The SMILES string of the molecule is CCNC(=NCC(=O)N1CCCC1)NCCCCCOC1CCCCC1.I. The molecular formula is C20H39IN4O2. The summed E-state index contributed by atoms with van der Waals surface area (Å²) < 4.78 is 5.96. The Morgan fingerprint density at radius 1 is 1.04 bits per heavy atom. The summed E-state index contributed by atoms with van der Waals surface area (Å²) in [5, 5.41) is 6.55. The van der Waals surface area contributed by atoms with E-state index in [-0.39, 0.29) is 36.4 Å². The highest BCUT2D eigenvalue weighted by molar-refractivity contribution is 14.0. The number of aliphatic imine (C=N–C) groups is 1. The summed E-state index contributed by atoms with van der Waals surface area (Å²) in [5.41, 5.74) is 0. The zero-order valence-corrected chi connectivity index (χ0v) is 19.3. The number of guanidine groups is 1. The number of hydrogen-bond acceptors (Lipinski definition) is 3. The van der Waals surface area contributed by atoms with E-state index in [0.29, 0.717) is 6.10 Å². The number of rotatable bonds is 10. The van der Waals surface area contributed by atoms with Gasteiger partial charge in [0, 0.05) is 32.8 Å². The number of carbonyl (C=O) groups is 1. The van der Waals surface area contributed by atoms with Crippen molar-refractivity contribution in [2.24, 2.45) is 4.99 Å². The lowest BCUT2D eigenvalue weighted by Gasteiger charge is -2.21. The van der Waals surface area contributed by atoms with E-state index in [2.05, 4.69) is 15.6 Å². The van der Waals surface area contributed by atoms with Gasteiger partial charge in [0.1, 0.15) is 6.54 Å². The van der Waals surface area contributed by atoms with E-state index in [1.54, 1.807) is 0 Å². The first-order chi connectivity index (χ1) is 12.8. The molecule has 1 saturated heterocycles. The molecule has 27 heavy (non-hydrogen) atoms. The van der Waals surface area contributed by atoms with Gasteiger partial charge in [-0.25, -0.2) is 4.99 Å². The monoisotopic (exact) mass is 494 g/mol. The quantitative estimate of drug-likeness (QED) is 0.212. The molecule has 2 fully saturated rings. The smallest absolute Gasteiger partial charge is 0.244 e. The van der Waals surface area contributed by atoms with Gasteiger partial charge < -0.3 is 20.3 Å². The average molecular weight is 494 g/mol. The second-order valence-corrected chi connectivity index (χ2v) is 7.40. The third-order valence-corrected chi connectivity index (χ3v) is 5.19. The molecule has 0 aromatic heterocycles. The Morgan fingerprint density at radius 2 is 1.78 bits per heavy atom. The molecule has 0 unspecified atom stereocenters. The molecule has 0 bridgehead atoms. The fourth-order valence-corrected chi connectivity index (χ4v) is 3.65. The first-order valence-corrected chi connectivity index (χ1v) is 10.7. The topological polar surface area (TPSA) is 66.0 Å². The largest absolute Gasteiger partial charge is 0.378 e. The van der Waals surface area contributed by atoms with Crippen LogP contribution < -0.4 is 10.6 Å². The lowest BCUT2D eigenvalue weighted by atomic mass is 9.98. The van der Waals surface area contributed by atoms with Crippen LogP contribution in [0.5, 0.6) is 0 Å². The van der Waals surface area contributed by atoms with Crippen LogP contribution in [0.1, 0.15) is 71.1 Å². The maximum atomic E-state index is 12.1. The van der Waals surface area contributed by atoms with E-state index in [9.17, 15) is 4.79 Å². The minimum absolute atomic E-state index is 0. The van der Waals surface area contributed by atoms with E-state index in [0.717, 1.165) is 70.8 Å².